The molecule has 0 aliphatic carbocycles. The molecule has 2 saturated heterocycles. The summed E-state index contributed by atoms with van der Waals surface area (Å²) in [6.07, 6.45) is -10.9. The molecule has 2 aliphatic rings. The van der Waals surface area contributed by atoms with E-state index in [0.29, 0.717) is 19.4 Å². The van der Waals surface area contributed by atoms with E-state index in [1.165, 1.54) is 6.92 Å². The molecule has 18 nitrogen and oxygen atoms in total. The second-order valence-corrected chi connectivity index (χ2v) is 12.1. The molecule has 0 aromatic rings. The van der Waals surface area contributed by atoms with Gasteiger partial charge in [-0.05, 0) is 33.6 Å². The summed E-state index contributed by atoms with van der Waals surface area (Å²) in [6, 6.07) is -2.57. The Kier molecular flexibility index (Phi) is 16.0. The highest BCUT2D eigenvalue weighted by molar-refractivity contribution is 5.75. The van der Waals surface area contributed by atoms with Crippen molar-refractivity contribution in [1.82, 2.24) is 21.3 Å². The Morgan fingerprint density at radius 2 is 1.35 bits per heavy atom. The zero-order chi connectivity index (χ0) is 34.6. The van der Waals surface area contributed by atoms with Crippen molar-refractivity contribution in [3.05, 3.63) is 0 Å². The molecule has 0 aromatic carbocycles. The van der Waals surface area contributed by atoms with Crippen LogP contribution in [-0.2, 0) is 38.1 Å². The Morgan fingerprint density at radius 1 is 0.761 bits per heavy atom. The third-order valence-corrected chi connectivity index (χ3v) is 6.97. The van der Waals surface area contributed by atoms with Crippen molar-refractivity contribution in [2.75, 3.05) is 32.9 Å². The molecule has 10 atom stereocenters. The van der Waals surface area contributed by atoms with E-state index in [1.807, 2.05) is 0 Å². The number of aliphatic hydroxyl groups is 5. The Morgan fingerprint density at radius 3 is 1.93 bits per heavy atom. The van der Waals surface area contributed by atoms with Gasteiger partial charge in [-0.3, -0.25) is 14.4 Å². The number of ether oxygens (including phenoxy) is 5. The molecule has 0 bridgehead atoms. The molecule has 2 heterocycles. The van der Waals surface area contributed by atoms with Crippen molar-refractivity contribution in [2.45, 2.75) is 121 Å². The summed E-state index contributed by atoms with van der Waals surface area (Å²) in [4.78, 5) is 47.9. The predicted molar refractivity (Wildman–Crippen MR) is 157 cm³/mol. The molecular weight excluding hydrogens is 616 g/mol. The first-order valence-electron chi connectivity index (χ1n) is 15.2. The van der Waals surface area contributed by atoms with Gasteiger partial charge in [0.2, 0.25) is 17.7 Å². The fourth-order valence-electron chi connectivity index (χ4n) is 4.87. The normalized spacial score (nSPS) is 31.4. The van der Waals surface area contributed by atoms with Gasteiger partial charge in [0.25, 0.3) is 0 Å². The van der Waals surface area contributed by atoms with E-state index >= 15 is 0 Å². The van der Waals surface area contributed by atoms with E-state index in [2.05, 4.69) is 21.3 Å². The number of amides is 4. The van der Waals surface area contributed by atoms with Crippen molar-refractivity contribution in [2.24, 2.45) is 0 Å². The lowest BCUT2D eigenvalue weighted by Crippen LogP contribution is -2.69. The van der Waals surface area contributed by atoms with E-state index < -0.39 is 98.0 Å². The van der Waals surface area contributed by atoms with Crippen LogP contribution >= 0.6 is 0 Å². The largest absolute Gasteiger partial charge is 0.444 e. The maximum absolute atomic E-state index is 12.3. The minimum atomic E-state index is -1.64. The van der Waals surface area contributed by atoms with Crippen LogP contribution in [0.4, 0.5) is 4.79 Å². The zero-order valence-electron chi connectivity index (χ0n) is 26.8. The summed E-state index contributed by atoms with van der Waals surface area (Å²) < 4.78 is 28.2. The SMILES string of the molecule is CC(=O)NC1C(OC2C(O)C(CO)OC(OCCNC(=O)CCCCNC(=O)OC(C)(C)C)C2NC(C)=O)OC(CO)C(O)C1O. The molecule has 2 fully saturated rings. The molecule has 2 rings (SSSR count). The minimum Gasteiger partial charge on any atom is -0.444 e. The lowest BCUT2D eigenvalue weighted by Gasteiger charge is -2.48. The summed E-state index contributed by atoms with van der Waals surface area (Å²) in [7, 11) is 0. The van der Waals surface area contributed by atoms with Crippen molar-refractivity contribution in [3.63, 3.8) is 0 Å². The number of rotatable bonds is 15. The van der Waals surface area contributed by atoms with Gasteiger partial charge < -0.3 is 70.5 Å². The van der Waals surface area contributed by atoms with Crippen molar-refractivity contribution in [3.8, 4) is 0 Å². The number of carbonyl (C=O) groups is 4. The lowest BCUT2D eigenvalue weighted by atomic mass is 9.94. The van der Waals surface area contributed by atoms with Gasteiger partial charge in [0, 0.05) is 33.4 Å². The van der Waals surface area contributed by atoms with Crippen LogP contribution in [0.2, 0.25) is 0 Å². The Bertz CT molecular complexity index is 998. The number of hydrogen-bond acceptors (Lipinski definition) is 14. The summed E-state index contributed by atoms with van der Waals surface area (Å²) in [5.74, 6) is -1.44. The van der Waals surface area contributed by atoms with Gasteiger partial charge in [-0.15, -0.1) is 0 Å². The molecule has 0 spiro atoms. The van der Waals surface area contributed by atoms with Gasteiger partial charge >= 0.3 is 6.09 Å². The third-order valence-electron chi connectivity index (χ3n) is 6.97. The van der Waals surface area contributed by atoms with E-state index in [0.717, 1.165) is 6.92 Å². The van der Waals surface area contributed by atoms with Crippen molar-refractivity contribution in [1.29, 1.82) is 0 Å². The average Bonchev–Trinajstić information content (AvgIpc) is 2.95. The van der Waals surface area contributed by atoms with Crippen LogP contribution in [0.1, 0.15) is 53.9 Å². The number of aliphatic hydroxyl groups excluding tert-OH is 5. The molecule has 0 radical (unpaired) electrons. The molecule has 9 N–H and O–H groups in total. The summed E-state index contributed by atoms with van der Waals surface area (Å²) in [6.45, 7) is 6.49. The summed E-state index contributed by atoms with van der Waals surface area (Å²) >= 11 is 0. The molecular formula is C28H50N4O14. The van der Waals surface area contributed by atoms with E-state index in [-0.39, 0.29) is 25.5 Å². The molecule has 0 aromatic heterocycles. The van der Waals surface area contributed by atoms with Crippen LogP contribution in [0.3, 0.4) is 0 Å². The number of carbonyl (C=O) groups excluding carboxylic acids is 4. The van der Waals surface area contributed by atoms with Gasteiger partial charge in [0.1, 0.15) is 54.3 Å². The van der Waals surface area contributed by atoms with Gasteiger partial charge in [-0.1, -0.05) is 0 Å². The average molecular weight is 667 g/mol. The maximum Gasteiger partial charge on any atom is 0.407 e. The van der Waals surface area contributed by atoms with Crippen LogP contribution in [0.25, 0.3) is 0 Å². The van der Waals surface area contributed by atoms with Crippen LogP contribution < -0.4 is 21.3 Å². The highest BCUT2D eigenvalue weighted by atomic mass is 16.7. The maximum atomic E-state index is 12.3. The van der Waals surface area contributed by atoms with Gasteiger partial charge in [0.15, 0.2) is 12.6 Å². The number of nitrogens with one attached hydrogen (secondary N) is 4. The molecule has 10 unspecified atom stereocenters. The highest BCUT2D eigenvalue weighted by Gasteiger charge is 2.52. The predicted octanol–water partition coefficient (Wildman–Crippen LogP) is -3.27. The van der Waals surface area contributed by atoms with E-state index in [4.69, 9.17) is 23.7 Å². The zero-order valence-corrected chi connectivity index (χ0v) is 26.8. The fourth-order valence-corrected chi connectivity index (χ4v) is 4.87. The molecule has 4 amide bonds. The van der Waals surface area contributed by atoms with Gasteiger partial charge in [0.05, 0.1) is 19.8 Å². The summed E-state index contributed by atoms with van der Waals surface area (Å²) in [5.41, 5.74) is -0.609. The first-order valence-corrected chi connectivity index (χ1v) is 15.2. The van der Waals surface area contributed by atoms with E-state index in [1.54, 1.807) is 20.8 Å². The second kappa shape index (κ2) is 18.6. The molecule has 18 heteroatoms. The first kappa shape index (κ1) is 39.5. The minimum absolute atomic E-state index is 0.0398. The fraction of sp³-hybridized carbons (Fsp3) is 0.857. The van der Waals surface area contributed by atoms with Crippen LogP contribution in [0.5, 0.6) is 0 Å². The smallest absolute Gasteiger partial charge is 0.407 e. The monoisotopic (exact) mass is 666 g/mol. The van der Waals surface area contributed by atoms with Crippen LogP contribution in [-0.4, -0.2) is 149 Å². The topological polar surface area (TPSA) is 264 Å². The standard InChI is InChI=1S/C28H50N4O14/c1-14(35)31-19-23(40)21(38)16(12-33)44-26(19)45-24-20(32-15(2)36)25(43-17(13-34)22(24)39)42-11-10-29-18(37)8-6-7-9-30-27(41)46-28(3,4)5/h16-17,19-26,33-34,38-40H,6-13H2,1-5H3,(H,29,37)(H,30,41)(H,31,35)(H,32,36). The number of unbranched alkanes of at least 4 members (excludes halogenated alkanes) is 1. The number of hydrogen-bond donors (Lipinski definition) is 9. The Labute approximate surface area is 267 Å². The summed E-state index contributed by atoms with van der Waals surface area (Å²) in [5, 5.41) is 61.7. The highest BCUT2D eigenvalue weighted by Crippen LogP contribution is 2.30. The first-order chi connectivity index (χ1) is 21.6. The second-order valence-electron chi connectivity index (χ2n) is 12.1. The van der Waals surface area contributed by atoms with Gasteiger partial charge in [-0.2, -0.15) is 0 Å². The van der Waals surface area contributed by atoms with Crippen LogP contribution in [0, 0.1) is 0 Å². The molecule has 2 aliphatic heterocycles. The Balaban J connectivity index is 2.00. The van der Waals surface area contributed by atoms with Gasteiger partial charge in [-0.25, -0.2) is 4.79 Å². The molecule has 46 heavy (non-hydrogen) atoms. The van der Waals surface area contributed by atoms with Crippen LogP contribution in [0.15, 0.2) is 0 Å². The molecule has 266 valence electrons. The van der Waals surface area contributed by atoms with E-state index in [9.17, 15) is 44.7 Å². The van der Waals surface area contributed by atoms with Crippen molar-refractivity contribution < 1.29 is 68.4 Å². The third kappa shape index (κ3) is 12.5. The quantitative estimate of drug-likeness (QED) is 0.0777. The molecule has 0 saturated carbocycles. The Hall–Kier alpha value is -2.68. The lowest BCUT2D eigenvalue weighted by molar-refractivity contribution is -0.328. The van der Waals surface area contributed by atoms with Crippen molar-refractivity contribution >= 4 is 23.8 Å². The number of alkyl carbamates (subject to hydrolysis) is 1.